The van der Waals surface area contributed by atoms with Crippen molar-refractivity contribution in [2.75, 3.05) is 6.54 Å². The molecule has 2 heterocycles. The molecule has 0 saturated carbocycles. The molecule has 0 aromatic heterocycles. The van der Waals surface area contributed by atoms with Crippen LogP contribution < -0.4 is 0 Å². The maximum Gasteiger partial charge on any atom is 0.303 e. The molecule has 124 valence electrons. The average Bonchev–Trinajstić information content (AvgIpc) is 2.65. The molecule has 2 rings (SSSR count). The third-order valence-electron chi connectivity index (χ3n) is 4.49. The molecule has 1 saturated heterocycles. The number of carboxylic acid groups (broad SMARTS) is 1. The molecule has 0 amide bonds. The summed E-state index contributed by atoms with van der Waals surface area (Å²) in [6, 6.07) is 0.170. The van der Waals surface area contributed by atoms with Crippen LogP contribution in [0.4, 0.5) is 0 Å². The first-order chi connectivity index (χ1) is 9.91. The van der Waals surface area contributed by atoms with Crippen molar-refractivity contribution in [2.45, 2.75) is 67.3 Å². The number of aliphatic imine (C=N–C) groups is 1. The van der Waals surface area contributed by atoms with Gasteiger partial charge in [0.1, 0.15) is 5.84 Å². The smallest absolute Gasteiger partial charge is 0.303 e. The minimum Gasteiger partial charge on any atom is -0.481 e. The number of hydrogen-bond acceptors (Lipinski definition) is 3. The molecule has 0 bridgehead atoms. The lowest BCUT2D eigenvalue weighted by Gasteiger charge is -2.41. The Labute approximate surface area is 134 Å². The van der Waals surface area contributed by atoms with Gasteiger partial charge in [-0.3, -0.25) is 9.79 Å². The van der Waals surface area contributed by atoms with Crippen LogP contribution in [0.15, 0.2) is 16.3 Å². The van der Waals surface area contributed by atoms with Crippen LogP contribution in [0, 0.1) is 16.7 Å². The van der Waals surface area contributed by atoms with E-state index in [0.29, 0.717) is 0 Å². The largest absolute Gasteiger partial charge is 0.481 e. The highest BCUT2D eigenvalue weighted by molar-refractivity contribution is 5.90. The van der Waals surface area contributed by atoms with Crippen LogP contribution in [-0.2, 0) is 4.79 Å². The number of carboxylic acids is 1. The summed E-state index contributed by atoms with van der Waals surface area (Å²) in [6.07, 6.45) is 1.10. The van der Waals surface area contributed by atoms with E-state index in [9.17, 15) is 4.79 Å². The Kier molecular flexibility index (Phi) is 4.18. The molecule has 1 N–H and O–H groups in total. The second-order valence-corrected chi connectivity index (χ2v) is 8.77. The summed E-state index contributed by atoms with van der Waals surface area (Å²) in [5, 5.41) is 9.15. The van der Waals surface area contributed by atoms with Gasteiger partial charge in [0.2, 0.25) is 0 Å². The fraction of sp³-hybridized carbons (Fsp3) is 0.778. The molecular weight excluding hydrogens is 276 g/mol. The van der Waals surface area contributed by atoms with Crippen LogP contribution in [0.5, 0.6) is 0 Å². The minimum absolute atomic E-state index is 0.0267. The van der Waals surface area contributed by atoms with Crippen LogP contribution in [0.1, 0.15) is 61.3 Å². The minimum atomic E-state index is -0.704. The number of fused-ring (bicyclic) bond motifs is 1. The van der Waals surface area contributed by atoms with Crippen molar-refractivity contribution in [1.29, 1.82) is 0 Å². The van der Waals surface area contributed by atoms with Crippen LogP contribution in [-0.4, -0.2) is 34.4 Å². The standard InChI is InChI=1S/C18H30N2O2/c1-11-15(17(2,3)4)13-8-12(9-14(21)22)10-20(13)16(19-11)18(5,6)7/h11-12H,8-10H2,1-7H3,(H,21,22)/t11-,12+/m0/s1. The fourth-order valence-corrected chi connectivity index (χ4v) is 3.89. The Morgan fingerprint density at radius 1 is 1.23 bits per heavy atom. The molecule has 2 aliphatic rings. The summed E-state index contributed by atoms with van der Waals surface area (Å²) in [5.74, 6) is 0.587. The van der Waals surface area contributed by atoms with Gasteiger partial charge in [-0.2, -0.15) is 0 Å². The SMILES string of the molecule is C[C@@H]1N=C(C(C)(C)C)N2C[C@@H](CC(=O)O)CC2=C1C(C)(C)C. The number of nitrogens with zero attached hydrogens (tertiary/aromatic N) is 2. The molecule has 0 aromatic carbocycles. The quantitative estimate of drug-likeness (QED) is 0.841. The van der Waals surface area contributed by atoms with E-state index in [0.717, 1.165) is 18.8 Å². The van der Waals surface area contributed by atoms with Gasteiger partial charge in [-0.25, -0.2) is 0 Å². The maximum atomic E-state index is 11.1. The molecule has 4 heteroatoms. The highest BCUT2D eigenvalue weighted by Gasteiger charge is 2.42. The Morgan fingerprint density at radius 2 is 1.82 bits per heavy atom. The van der Waals surface area contributed by atoms with E-state index in [4.69, 9.17) is 10.1 Å². The molecule has 0 radical (unpaired) electrons. The van der Waals surface area contributed by atoms with E-state index in [1.165, 1.54) is 11.3 Å². The van der Waals surface area contributed by atoms with Crippen molar-refractivity contribution in [1.82, 2.24) is 4.90 Å². The lowest BCUT2D eigenvalue weighted by molar-refractivity contribution is -0.137. The topological polar surface area (TPSA) is 52.9 Å². The first kappa shape index (κ1) is 17.0. The molecule has 0 aliphatic carbocycles. The lowest BCUT2D eigenvalue weighted by Crippen LogP contribution is -2.43. The Bertz CT molecular complexity index is 532. The van der Waals surface area contributed by atoms with Crippen molar-refractivity contribution in [3.63, 3.8) is 0 Å². The average molecular weight is 306 g/mol. The number of hydrogen-bond donors (Lipinski definition) is 1. The fourth-order valence-electron chi connectivity index (χ4n) is 3.89. The van der Waals surface area contributed by atoms with Gasteiger partial charge in [-0.15, -0.1) is 0 Å². The Hall–Kier alpha value is -1.32. The Balaban J connectivity index is 2.47. The third-order valence-corrected chi connectivity index (χ3v) is 4.49. The first-order valence-corrected chi connectivity index (χ1v) is 8.22. The molecule has 2 aliphatic heterocycles. The number of aliphatic carboxylic acids is 1. The molecule has 22 heavy (non-hydrogen) atoms. The van der Waals surface area contributed by atoms with E-state index < -0.39 is 5.97 Å². The van der Waals surface area contributed by atoms with E-state index >= 15 is 0 Å². The van der Waals surface area contributed by atoms with Gasteiger partial charge in [-0.1, -0.05) is 41.5 Å². The second kappa shape index (κ2) is 5.39. The summed E-state index contributed by atoms with van der Waals surface area (Å²) >= 11 is 0. The summed E-state index contributed by atoms with van der Waals surface area (Å²) in [4.78, 5) is 18.4. The molecular formula is C18H30N2O2. The van der Waals surface area contributed by atoms with Crippen molar-refractivity contribution in [2.24, 2.45) is 21.7 Å². The zero-order chi connectivity index (χ0) is 16.9. The van der Waals surface area contributed by atoms with Crippen LogP contribution in [0.2, 0.25) is 0 Å². The van der Waals surface area contributed by atoms with E-state index in [1.807, 2.05) is 0 Å². The Morgan fingerprint density at radius 3 is 2.27 bits per heavy atom. The maximum absolute atomic E-state index is 11.1. The third kappa shape index (κ3) is 3.21. The van der Waals surface area contributed by atoms with Crippen molar-refractivity contribution >= 4 is 11.8 Å². The zero-order valence-electron chi connectivity index (χ0n) is 15.0. The van der Waals surface area contributed by atoms with Crippen molar-refractivity contribution in [3.8, 4) is 0 Å². The summed E-state index contributed by atoms with van der Waals surface area (Å²) in [5.41, 5.74) is 2.72. The summed E-state index contributed by atoms with van der Waals surface area (Å²) < 4.78 is 0. The van der Waals surface area contributed by atoms with Crippen LogP contribution >= 0.6 is 0 Å². The van der Waals surface area contributed by atoms with E-state index in [1.54, 1.807) is 0 Å². The number of rotatable bonds is 2. The highest BCUT2D eigenvalue weighted by Crippen LogP contribution is 2.44. The van der Waals surface area contributed by atoms with E-state index in [2.05, 4.69) is 53.4 Å². The molecule has 1 fully saturated rings. The second-order valence-electron chi connectivity index (χ2n) is 8.77. The predicted octanol–water partition coefficient (Wildman–Crippen LogP) is 3.93. The number of allylic oxidation sites excluding steroid dienone is 1. The normalized spacial score (nSPS) is 26.1. The van der Waals surface area contributed by atoms with Gasteiger partial charge in [0, 0.05) is 17.7 Å². The number of carbonyl (C=O) groups is 1. The molecule has 0 spiro atoms. The van der Waals surface area contributed by atoms with Gasteiger partial charge < -0.3 is 10.0 Å². The lowest BCUT2D eigenvalue weighted by atomic mass is 9.79. The molecule has 0 unspecified atom stereocenters. The molecule has 4 nitrogen and oxygen atoms in total. The number of amidine groups is 1. The van der Waals surface area contributed by atoms with Crippen molar-refractivity contribution in [3.05, 3.63) is 11.3 Å². The van der Waals surface area contributed by atoms with Gasteiger partial charge in [-0.05, 0) is 30.3 Å². The monoisotopic (exact) mass is 306 g/mol. The van der Waals surface area contributed by atoms with E-state index in [-0.39, 0.29) is 29.2 Å². The van der Waals surface area contributed by atoms with Crippen LogP contribution in [0.25, 0.3) is 0 Å². The summed E-state index contributed by atoms with van der Waals surface area (Å²) in [7, 11) is 0. The van der Waals surface area contributed by atoms with Crippen molar-refractivity contribution < 1.29 is 9.90 Å². The molecule has 2 atom stereocenters. The van der Waals surface area contributed by atoms with Gasteiger partial charge in [0.25, 0.3) is 0 Å². The van der Waals surface area contributed by atoms with Crippen LogP contribution in [0.3, 0.4) is 0 Å². The highest BCUT2D eigenvalue weighted by atomic mass is 16.4. The molecule has 0 aromatic rings. The van der Waals surface area contributed by atoms with Gasteiger partial charge in [0.15, 0.2) is 0 Å². The first-order valence-electron chi connectivity index (χ1n) is 8.22. The predicted molar refractivity (Wildman–Crippen MR) is 89.9 cm³/mol. The van der Waals surface area contributed by atoms with Gasteiger partial charge >= 0.3 is 5.97 Å². The summed E-state index contributed by atoms with van der Waals surface area (Å²) in [6.45, 7) is 16.2. The zero-order valence-corrected chi connectivity index (χ0v) is 15.0. The van der Waals surface area contributed by atoms with Gasteiger partial charge in [0.05, 0.1) is 12.5 Å².